The maximum absolute atomic E-state index is 12.7. The van der Waals surface area contributed by atoms with Crippen molar-refractivity contribution in [3.05, 3.63) is 65.2 Å². The molecule has 1 fully saturated rings. The highest BCUT2D eigenvalue weighted by Crippen LogP contribution is 2.27. The van der Waals surface area contributed by atoms with Gasteiger partial charge in [-0.05, 0) is 63.1 Å². The van der Waals surface area contributed by atoms with E-state index in [9.17, 15) is 22.8 Å². The second-order valence-electron chi connectivity index (χ2n) is 8.25. The predicted octanol–water partition coefficient (Wildman–Crippen LogP) is 3.66. The summed E-state index contributed by atoms with van der Waals surface area (Å²) in [5.74, 6) is -1.86. The fraction of sp³-hybridized carbons (Fsp3) is 0.417. The number of hydrogen-bond acceptors (Lipinski definition) is 4. The lowest BCUT2D eigenvalue weighted by Gasteiger charge is -2.27. The number of aryl methyl sites for hydroxylation is 1. The summed E-state index contributed by atoms with van der Waals surface area (Å²) in [6, 6.07) is 12.6. The molecule has 9 heteroatoms. The lowest BCUT2D eigenvalue weighted by atomic mass is 10.0. The molecule has 1 aliphatic rings. The number of rotatable bonds is 7. The van der Waals surface area contributed by atoms with Crippen LogP contribution < -0.4 is 20.7 Å². The minimum Gasteiger partial charge on any atom is -0.484 e. The molecule has 0 spiro atoms. The molecule has 2 aromatic carbocycles. The van der Waals surface area contributed by atoms with Crippen LogP contribution in [0.15, 0.2) is 48.5 Å². The first-order valence-electron chi connectivity index (χ1n) is 10.9. The fourth-order valence-electron chi connectivity index (χ4n) is 3.65. The molecular weight excluding hydrogens is 435 g/mol. The Morgan fingerprint density at radius 3 is 2.33 bits per heavy atom. The quantitative estimate of drug-likeness (QED) is 0.586. The van der Waals surface area contributed by atoms with Gasteiger partial charge in [0.15, 0.2) is 0 Å². The Balaban J connectivity index is 1.72. The van der Waals surface area contributed by atoms with Gasteiger partial charge in [-0.15, -0.1) is 0 Å². The number of piperidine rings is 1. The average molecular weight is 464 g/mol. The topological polar surface area (TPSA) is 79.5 Å². The van der Waals surface area contributed by atoms with E-state index in [0.29, 0.717) is 16.9 Å². The zero-order valence-corrected chi connectivity index (χ0v) is 18.5. The molecule has 0 aliphatic carbocycles. The van der Waals surface area contributed by atoms with Crippen molar-refractivity contribution in [1.29, 1.82) is 0 Å². The Bertz CT molecular complexity index is 940. The van der Waals surface area contributed by atoms with Crippen LogP contribution in [0.1, 0.15) is 47.4 Å². The van der Waals surface area contributed by atoms with Crippen molar-refractivity contribution in [2.45, 2.75) is 51.1 Å². The monoisotopic (exact) mass is 463 g/mol. The van der Waals surface area contributed by atoms with Crippen LogP contribution in [0.4, 0.5) is 13.2 Å². The van der Waals surface area contributed by atoms with Crippen LogP contribution in [-0.2, 0) is 4.79 Å². The molecular formula is C24H28F3N3O3. The zero-order chi connectivity index (χ0) is 24.0. The third kappa shape index (κ3) is 6.95. The molecule has 2 aromatic rings. The number of ether oxygens (including phenoxy) is 1. The minimum atomic E-state index is -4.99. The van der Waals surface area contributed by atoms with Gasteiger partial charge < -0.3 is 20.7 Å². The molecule has 2 unspecified atom stereocenters. The van der Waals surface area contributed by atoms with E-state index >= 15 is 0 Å². The van der Waals surface area contributed by atoms with E-state index in [-0.39, 0.29) is 11.9 Å². The van der Waals surface area contributed by atoms with Gasteiger partial charge in [-0.25, -0.2) is 0 Å². The summed E-state index contributed by atoms with van der Waals surface area (Å²) < 4.78 is 44.2. The van der Waals surface area contributed by atoms with E-state index in [2.05, 4.69) is 10.6 Å². The zero-order valence-electron chi connectivity index (χ0n) is 18.5. The molecule has 0 saturated carbocycles. The van der Waals surface area contributed by atoms with Crippen molar-refractivity contribution in [1.82, 2.24) is 16.0 Å². The molecule has 0 aromatic heterocycles. The molecule has 178 valence electrons. The van der Waals surface area contributed by atoms with Gasteiger partial charge in [0, 0.05) is 18.2 Å². The molecule has 0 radical (unpaired) electrons. The molecule has 3 atom stereocenters. The van der Waals surface area contributed by atoms with Crippen LogP contribution in [0.5, 0.6) is 5.75 Å². The Kier molecular flexibility index (Phi) is 7.97. The van der Waals surface area contributed by atoms with Crippen LogP contribution in [0.2, 0.25) is 0 Å². The van der Waals surface area contributed by atoms with Crippen LogP contribution in [0, 0.1) is 6.92 Å². The van der Waals surface area contributed by atoms with Gasteiger partial charge in [0.2, 0.25) is 0 Å². The summed E-state index contributed by atoms with van der Waals surface area (Å²) in [4.78, 5) is 23.9. The van der Waals surface area contributed by atoms with Crippen molar-refractivity contribution >= 4 is 11.8 Å². The highest BCUT2D eigenvalue weighted by Gasteiger charge is 2.40. The van der Waals surface area contributed by atoms with E-state index in [1.807, 2.05) is 24.4 Å². The van der Waals surface area contributed by atoms with Gasteiger partial charge in [-0.1, -0.05) is 29.8 Å². The smallest absolute Gasteiger partial charge is 0.471 e. The first-order valence-corrected chi connectivity index (χ1v) is 10.9. The number of hydrogen-bond donors (Lipinski definition) is 3. The largest absolute Gasteiger partial charge is 0.484 e. The molecule has 1 saturated heterocycles. The number of halogens is 3. The lowest BCUT2D eigenvalue weighted by Crippen LogP contribution is -2.45. The second kappa shape index (κ2) is 10.7. The van der Waals surface area contributed by atoms with Crippen LogP contribution in [-0.4, -0.2) is 43.2 Å². The molecule has 6 nitrogen and oxygen atoms in total. The summed E-state index contributed by atoms with van der Waals surface area (Å²) in [6.07, 6.45) is -3.94. The van der Waals surface area contributed by atoms with Crippen molar-refractivity contribution in [2.75, 3.05) is 13.1 Å². The average Bonchev–Trinajstić information content (AvgIpc) is 2.78. The minimum absolute atomic E-state index is 0.0752. The van der Waals surface area contributed by atoms with Gasteiger partial charge in [-0.3, -0.25) is 9.59 Å². The van der Waals surface area contributed by atoms with E-state index < -0.39 is 24.2 Å². The first-order chi connectivity index (χ1) is 15.6. The standard InChI is InChI=1S/C24H28F3N3O3/c1-15-5-7-17(8-6-15)21(16(2)29-23(32)24(25,26)27)33-20-11-9-18(10-12-20)22(31)30-19-4-3-13-28-14-19/h5-12,16,19,21,28H,3-4,13-14H2,1-2H3,(H,29,32)(H,30,31)/t16?,19-,21?/m0/s1. The molecule has 1 heterocycles. The Morgan fingerprint density at radius 2 is 1.76 bits per heavy atom. The van der Waals surface area contributed by atoms with E-state index in [1.54, 1.807) is 36.4 Å². The summed E-state index contributed by atoms with van der Waals surface area (Å²) in [5.41, 5.74) is 2.05. The molecule has 1 aliphatic heterocycles. The number of carbonyl (C=O) groups excluding carboxylic acids is 2. The summed E-state index contributed by atoms with van der Waals surface area (Å²) in [6.45, 7) is 5.02. The molecule has 2 amide bonds. The van der Waals surface area contributed by atoms with Gasteiger partial charge in [-0.2, -0.15) is 13.2 Å². The number of benzene rings is 2. The maximum atomic E-state index is 12.7. The number of amides is 2. The molecule has 3 rings (SSSR count). The Morgan fingerprint density at radius 1 is 1.09 bits per heavy atom. The number of alkyl halides is 3. The molecule has 33 heavy (non-hydrogen) atoms. The highest BCUT2D eigenvalue weighted by molar-refractivity contribution is 5.94. The Hall–Kier alpha value is -3.07. The van der Waals surface area contributed by atoms with Gasteiger partial charge >= 0.3 is 12.1 Å². The normalized spacial score (nSPS) is 18.2. The summed E-state index contributed by atoms with van der Waals surface area (Å²) >= 11 is 0. The third-order valence-corrected chi connectivity index (χ3v) is 5.49. The SMILES string of the molecule is Cc1ccc(C(Oc2ccc(C(=O)N[C@H]3CCCNC3)cc2)C(C)NC(=O)C(F)(F)F)cc1. The molecule has 3 N–H and O–H groups in total. The van der Waals surface area contributed by atoms with Crippen molar-refractivity contribution in [3.63, 3.8) is 0 Å². The van der Waals surface area contributed by atoms with E-state index in [0.717, 1.165) is 31.5 Å². The lowest BCUT2D eigenvalue weighted by molar-refractivity contribution is -0.174. The Labute approximate surface area is 190 Å². The van der Waals surface area contributed by atoms with Gasteiger partial charge in [0.05, 0.1) is 6.04 Å². The third-order valence-electron chi connectivity index (χ3n) is 5.49. The van der Waals surface area contributed by atoms with E-state index in [1.165, 1.54) is 6.92 Å². The van der Waals surface area contributed by atoms with Crippen molar-refractivity contribution < 1.29 is 27.5 Å². The molecule has 0 bridgehead atoms. The van der Waals surface area contributed by atoms with Crippen LogP contribution in [0.3, 0.4) is 0 Å². The fourth-order valence-corrected chi connectivity index (χ4v) is 3.65. The van der Waals surface area contributed by atoms with Crippen molar-refractivity contribution in [2.24, 2.45) is 0 Å². The second-order valence-corrected chi connectivity index (χ2v) is 8.25. The van der Waals surface area contributed by atoms with Crippen molar-refractivity contribution in [3.8, 4) is 5.75 Å². The predicted molar refractivity (Wildman–Crippen MR) is 118 cm³/mol. The number of carbonyl (C=O) groups is 2. The highest BCUT2D eigenvalue weighted by atomic mass is 19.4. The van der Waals surface area contributed by atoms with Crippen LogP contribution >= 0.6 is 0 Å². The van der Waals surface area contributed by atoms with E-state index in [4.69, 9.17) is 4.74 Å². The summed E-state index contributed by atoms with van der Waals surface area (Å²) in [5, 5.41) is 8.19. The van der Waals surface area contributed by atoms with Gasteiger partial charge in [0.1, 0.15) is 11.9 Å². The number of nitrogens with one attached hydrogen (secondary N) is 3. The first kappa shape index (κ1) is 24.6. The summed E-state index contributed by atoms with van der Waals surface area (Å²) in [7, 11) is 0. The van der Waals surface area contributed by atoms with Crippen LogP contribution in [0.25, 0.3) is 0 Å². The maximum Gasteiger partial charge on any atom is 0.471 e. The van der Waals surface area contributed by atoms with Gasteiger partial charge in [0.25, 0.3) is 5.91 Å².